The maximum atomic E-state index is 11.2. The molecule has 0 aliphatic rings. The number of carbonyl (C=O) groups is 1. The minimum atomic E-state index is -0.294. The third-order valence-electron chi connectivity index (χ3n) is 1.74. The fourth-order valence-electron chi connectivity index (χ4n) is 0.980. The van der Waals surface area contributed by atoms with E-state index in [1.54, 1.807) is 9.95 Å². The maximum Gasteiger partial charge on any atom is 0.307 e. The molecule has 1 aromatic rings. The zero-order chi connectivity index (χ0) is 9.84. The van der Waals surface area contributed by atoms with Crippen LogP contribution in [0, 0.1) is 6.92 Å². The fourth-order valence-corrected chi connectivity index (χ4v) is 1.74. The smallest absolute Gasteiger partial charge is 0.307 e. The Balaban J connectivity index is 2.64. The van der Waals surface area contributed by atoms with E-state index in [1.165, 1.54) is 7.11 Å². The van der Waals surface area contributed by atoms with Crippen molar-refractivity contribution in [2.24, 2.45) is 0 Å². The minimum absolute atomic E-state index is 0.0265. The maximum absolute atomic E-state index is 11.2. The number of carbonyl (C=O) groups excluding carboxylic acids is 1. The molecule has 4 nitrogen and oxygen atoms in total. The van der Waals surface area contributed by atoms with Crippen molar-refractivity contribution in [2.45, 2.75) is 19.9 Å². The van der Waals surface area contributed by atoms with Gasteiger partial charge in [-0.1, -0.05) is 11.3 Å². The van der Waals surface area contributed by atoms with E-state index in [9.17, 15) is 9.59 Å². The van der Waals surface area contributed by atoms with E-state index in [-0.39, 0.29) is 17.3 Å². The van der Waals surface area contributed by atoms with Crippen molar-refractivity contribution in [1.82, 2.24) is 4.57 Å². The number of methoxy groups -OCH3 is 1. The first-order valence-corrected chi connectivity index (χ1v) is 4.75. The first-order valence-electron chi connectivity index (χ1n) is 3.87. The molecule has 1 aromatic heterocycles. The molecule has 0 radical (unpaired) electrons. The van der Waals surface area contributed by atoms with Crippen molar-refractivity contribution < 1.29 is 9.53 Å². The molecule has 0 unspecified atom stereocenters. The second-order valence-electron chi connectivity index (χ2n) is 2.62. The fraction of sp³-hybridized carbons (Fsp3) is 0.500. The molecule has 0 saturated carbocycles. The van der Waals surface area contributed by atoms with Gasteiger partial charge >= 0.3 is 10.8 Å². The van der Waals surface area contributed by atoms with Crippen LogP contribution in [0.25, 0.3) is 0 Å². The van der Waals surface area contributed by atoms with E-state index in [0.29, 0.717) is 6.54 Å². The van der Waals surface area contributed by atoms with Crippen LogP contribution in [0.3, 0.4) is 0 Å². The Bertz CT molecular complexity index is 353. The van der Waals surface area contributed by atoms with Gasteiger partial charge in [-0.15, -0.1) is 0 Å². The van der Waals surface area contributed by atoms with E-state index >= 15 is 0 Å². The number of rotatable bonds is 3. The van der Waals surface area contributed by atoms with E-state index in [2.05, 4.69) is 4.74 Å². The lowest BCUT2D eigenvalue weighted by Gasteiger charge is -2.02. The second-order valence-corrected chi connectivity index (χ2v) is 3.44. The standard InChI is InChI=1S/C8H11NO3S/c1-6-5-13-8(11)9(6)4-3-7(10)12-2/h5H,3-4H2,1-2H3. The molecule has 13 heavy (non-hydrogen) atoms. The monoisotopic (exact) mass is 201 g/mol. The summed E-state index contributed by atoms with van der Waals surface area (Å²) in [7, 11) is 1.34. The molecule has 0 saturated heterocycles. The van der Waals surface area contributed by atoms with E-state index in [0.717, 1.165) is 17.0 Å². The van der Waals surface area contributed by atoms with Gasteiger partial charge in [-0.2, -0.15) is 0 Å². The summed E-state index contributed by atoms with van der Waals surface area (Å²) in [6, 6.07) is 0. The zero-order valence-electron chi connectivity index (χ0n) is 7.57. The molecule has 0 N–H and O–H groups in total. The Hall–Kier alpha value is -1.10. The number of esters is 1. The highest BCUT2D eigenvalue weighted by atomic mass is 32.1. The summed E-state index contributed by atoms with van der Waals surface area (Å²) in [5.41, 5.74) is 0.888. The van der Waals surface area contributed by atoms with Crippen LogP contribution in [0.15, 0.2) is 10.2 Å². The van der Waals surface area contributed by atoms with Crippen LogP contribution in [-0.2, 0) is 16.1 Å². The van der Waals surface area contributed by atoms with Gasteiger partial charge in [-0.25, -0.2) is 0 Å². The number of hydrogen-bond acceptors (Lipinski definition) is 4. The molecular weight excluding hydrogens is 190 g/mol. The van der Waals surface area contributed by atoms with Gasteiger partial charge in [0, 0.05) is 17.6 Å². The normalized spacial score (nSPS) is 10.0. The van der Waals surface area contributed by atoms with Crippen molar-refractivity contribution in [3.8, 4) is 0 Å². The number of hydrogen-bond donors (Lipinski definition) is 0. The van der Waals surface area contributed by atoms with Crippen LogP contribution in [0.1, 0.15) is 12.1 Å². The van der Waals surface area contributed by atoms with Gasteiger partial charge in [0.25, 0.3) is 0 Å². The Labute approximate surface area is 79.8 Å². The average molecular weight is 201 g/mol. The minimum Gasteiger partial charge on any atom is -0.469 e. The van der Waals surface area contributed by atoms with Crippen LogP contribution in [0.5, 0.6) is 0 Å². The number of nitrogens with zero attached hydrogens (tertiary/aromatic N) is 1. The third-order valence-corrected chi connectivity index (χ3v) is 2.62. The van der Waals surface area contributed by atoms with Crippen molar-refractivity contribution in [3.05, 3.63) is 20.7 Å². The van der Waals surface area contributed by atoms with E-state index in [1.807, 2.05) is 6.92 Å². The summed E-state index contributed by atoms with van der Waals surface area (Å²) in [4.78, 5) is 21.9. The van der Waals surface area contributed by atoms with Gasteiger partial charge in [0.05, 0.1) is 13.5 Å². The van der Waals surface area contributed by atoms with Crippen molar-refractivity contribution in [2.75, 3.05) is 7.11 Å². The van der Waals surface area contributed by atoms with Crippen LogP contribution >= 0.6 is 11.3 Å². The number of aromatic nitrogens is 1. The van der Waals surface area contributed by atoms with Gasteiger partial charge in [-0.3, -0.25) is 9.59 Å². The lowest BCUT2D eigenvalue weighted by Crippen LogP contribution is -2.17. The SMILES string of the molecule is COC(=O)CCn1c(C)csc1=O. The molecule has 0 atom stereocenters. The molecule has 0 aliphatic heterocycles. The van der Waals surface area contributed by atoms with Crippen LogP contribution in [0.2, 0.25) is 0 Å². The molecule has 0 amide bonds. The molecule has 0 fully saturated rings. The highest BCUT2D eigenvalue weighted by Gasteiger charge is 2.05. The Kier molecular flexibility index (Phi) is 3.25. The van der Waals surface area contributed by atoms with E-state index < -0.39 is 0 Å². The summed E-state index contributed by atoms with van der Waals surface area (Å²) >= 11 is 1.15. The summed E-state index contributed by atoms with van der Waals surface area (Å²) in [5.74, 6) is -0.294. The molecule has 72 valence electrons. The Morgan fingerprint density at radius 1 is 1.69 bits per heavy atom. The second kappa shape index (κ2) is 4.23. The lowest BCUT2D eigenvalue weighted by atomic mass is 10.4. The first-order chi connectivity index (χ1) is 6.15. The molecule has 1 rings (SSSR count). The molecule has 5 heteroatoms. The van der Waals surface area contributed by atoms with Gasteiger partial charge in [0.2, 0.25) is 0 Å². The van der Waals surface area contributed by atoms with Crippen LogP contribution in [-0.4, -0.2) is 17.6 Å². The Morgan fingerprint density at radius 2 is 2.38 bits per heavy atom. The third kappa shape index (κ3) is 2.42. The molecule has 0 aliphatic carbocycles. The lowest BCUT2D eigenvalue weighted by molar-refractivity contribution is -0.140. The number of thiazole rings is 1. The van der Waals surface area contributed by atoms with Crippen molar-refractivity contribution in [1.29, 1.82) is 0 Å². The number of aryl methyl sites for hydroxylation is 1. The summed E-state index contributed by atoms with van der Waals surface area (Å²) in [6.45, 7) is 2.25. The van der Waals surface area contributed by atoms with Gasteiger partial charge in [0.1, 0.15) is 0 Å². The van der Waals surface area contributed by atoms with Crippen LogP contribution in [0.4, 0.5) is 0 Å². The van der Waals surface area contributed by atoms with E-state index in [4.69, 9.17) is 0 Å². The largest absolute Gasteiger partial charge is 0.469 e. The highest BCUT2D eigenvalue weighted by molar-refractivity contribution is 7.07. The van der Waals surface area contributed by atoms with Crippen molar-refractivity contribution >= 4 is 17.3 Å². The quantitative estimate of drug-likeness (QED) is 0.679. The summed E-state index contributed by atoms with van der Waals surface area (Å²) in [6.07, 6.45) is 0.244. The topological polar surface area (TPSA) is 48.3 Å². The molecule has 0 bridgehead atoms. The molecular formula is C8H11NO3S. The summed E-state index contributed by atoms with van der Waals surface area (Å²) < 4.78 is 6.05. The van der Waals surface area contributed by atoms with Gasteiger partial charge in [-0.05, 0) is 6.92 Å². The molecule has 1 heterocycles. The highest BCUT2D eigenvalue weighted by Crippen LogP contribution is 2.00. The molecule has 0 spiro atoms. The van der Waals surface area contributed by atoms with Gasteiger partial charge < -0.3 is 9.30 Å². The first kappa shape index (κ1) is 9.98. The summed E-state index contributed by atoms with van der Waals surface area (Å²) in [5, 5.41) is 1.78. The van der Waals surface area contributed by atoms with Gasteiger partial charge in [0.15, 0.2) is 0 Å². The Morgan fingerprint density at radius 3 is 2.85 bits per heavy atom. The predicted molar refractivity (Wildman–Crippen MR) is 49.9 cm³/mol. The average Bonchev–Trinajstić information content (AvgIpc) is 2.43. The number of ether oxygens (including phenoxy) is 1. The van der Waals surface area contributed by atoms with Crippen molar-refractivity contribution in [3.63, 3.8) is 0 Å². The predicted octanol–water partition coefficient (Wildman–Crippen LogP) is 0.781. The zero-order valence-corrected chi connectivity index (χ0v) is 8.39. The van der Waals surface area contributed by atoms with Crippen LogP contribution < -0.4 is 4.87 Å². The molecule has 0 aromatic carbocycles.